The Kier molecular flexibility index (Phi) is 3.46. The minimum absolute atomic E-state index is 0.244. The number of carbonyl (C=O) groups excluding carboxylic acids is 1. The summed E-state index contributed by atoms with van der Waals surface area (Å²) in [5, 5.41) is 9.20. The lowest BCUT2D eigenvalue weighted by Crippen LogP contribution is -2.29. The average molecular weight is 156 g/mol. The van der Waals surface area contributed by atoms with Gasteiger partial charge in [0.25, 0.3) is 0 Å². The maximum Gasteiger partial charge on any atom is 0.186 e. The molecule has 0 spiro atoms. The second-order valence-electron chi connectivity index (χ2n) is 3.53. The Hall–Kier alpha value is -0.630. The average Bonchev–Trinajstić information content (AvgIpc) is 1.80. The van der Waals surface area contributed by atoms with Gasteiger partial charge in [-0.1, -0.05) is 19.9 Å². The third-order valence-corrected chi connectivity index (χ3v) is 1.24. The van der Waals surface area contributed by atoms with Gasteiger partial charge in [0.05, 0.1) is 0 Å². The molecule has 0 amide bonds. The first-order chi connectivity index (χ1) is 4.84. The van der Waals surface area contributed by atoms with E-state index in [-0.39, 0.29) is 5.78 Å². The number of allylic oxidation sites excluding steroid dienone is 1. The number of aliphatic hydroxyl groups is 1. The quantitative estimate of drug-likeness (QED) is 0.629. The number of hydrogen-bond donors (Lipinski definition) is 1. The van der Waals surface area contributed by atoms with Gasteiger partial charge in [-0.05, 0) is 25.8 Å². The van der Waals surface area contributed by atoms with Crippen molar-refractivity contribution in [3.63, 3.8) is 0 Å². The molecule has 2 heteroatoms. The van der Waals surface area contributed by atoms with E-state index < -0.39 is 5.60 Å². The number of rotatable bonds is 3. The summed E-state index contributed by atoms with van der Waals surface area (Å²) in [5.74, 6) is 0.104. The third-order valence-electron chi connectivity index (χ3n) is 1.24. The van der Waals surface area contributed by atoms with Gasteiger partial charge in [-0.15, -0.1) is 0 Å². The van der Waals surface area contributed by atoms with Crippen molar-refractivity contribution in [2.45, 2.75) is 33.3 Å². The molecule has 0 aromatic carbocycles. The summed E-state index contributed by atoms with van der Waals surface area (Å²) in [7, 11) is 0. The Morgan fingerprint density at radius 2 is 1.91 bits per heavy atom. The van der Waals surface area contributed by atoms with E-state index in [9.17, 15) is 9.90 Å². The van der Waals surface area contributed by atoms with Crippen LogP contribution in [0.25, 0.3) is 0 Å². The summed E-state index contributed by atoms with van der Waals surface area (Å²) in [6.45, 7) is 6.93. The molecule has 0 rings (SSSR count). The van der Waals surface area contributed by atoms with E-state index in [0.29, 0.717) is 5.92 Å². The highest BCUT2D eigenvalue weighted by Gasteiger charge is 2.20. The van der Waals surface area contributed by atoms with E-state index in [1.807, 2.05) is 13.8 Å². The first kappa shape index (κ1) is 10.4. The molecule has 0 saturated carbocycles. The summed E-state index contributed by atoms with van der Waals surface area (Å²) in [6.07, 6.45) is 3.21. The molecule has 0 fully saturated rings. The first-order valence-corrected chi connectivity index (χ1v) is 3.79. The topological polar surface area (TPSA) is 37.3 Å². The second kappa shape index (κ2) is 3.67. The maximum absolute atomic E-state index is 11.0. The molecule has 0 radical (unpaired) electrons. The molecule has 1 N–H and O–H groups in total. The zero-order valence-corrected chi connectivity index (χ0v) is 7.59. The van der Waals surface area contributed by atoms with E-state index >= 15 is 0 Å². The van der Waals surface area contributed by atoms with Crippen LogP contribution < -0.4 is 0 Å². The minimum atomic E-state index is -1.23. The van der Waals surface area contributed by atoms with Crippen molar-refractivity contribution in [1.82, 2.24) is 0 Å². The van der Waals surface area contributed by atoms with Crippen molar-refractivity contribution in [1.29, 1.82) is 0 Å². The second-order valence-corrected chi connectivity index (χ2v) is 3.53. The van der Waals surface area contributed by atoms with Crippen LogP contribution in [0.15, 0.2) is 12.2 Å². The van der Waals surface area contributed by atoms with Crippen LogP contribution in [0.4, 0.5) is 0 Å². The van der Waals surface area contributed by atoms with E-state index in [4.69, 9.17) is 0 Å². The molecular weight excluding hydrogens is 140 g/mol. The van der Waals surface area contributed by atoms with Crippen molar-refractivity contribution in [3.8, 4) is 0 Å². The zero-order valence-electron chi connectivity index (χ0n) is 7.59. The smallest absolute Gasteiger partial charge is 0.186 e. The molecule has 0 unspecified atom stereocenters. The van der Waals surface area contributed by atoms with Gasteiger partial charge in [0.1, 0.15) is 5.60 Å². The summed E-state index contributed by atoms with van der Waals surface area (Å²) in [6, 6.07) is 0. The highest BCUT2D eigenvalue weighted by Crippen LogP contribution is 2.04. The van der Waals surface area contributed by atoms with Crippen LogP contribution in [-0.4, -0.2) is 16.5 Å². The molecular formula is C9H16O2. The monoisotopic (exact) mass is 156 g/mol. The molecule has 0 aromatic rings. The molecule has 0 saturated heterocycles. The van der Waals surface area contributed by atoms with Gasteiger partial charge in [-0.25, -0.2) is 0 Å². The molecule has 0 aliphatic carbocycles. The summed E-state index contributed by atoms with van der Waals surface area (Å²) < 4.78 is 0. The molecule has 0 aromatic heterocycles. The first-order valence-electron chi connectivity index (χ1n) is 3.79. The van der Waals surface area contributed by atoms with Crippen molar-refractivity contribution >= 4 is 5.78 Å². The molecule has 11 heavy (non-hydrogen) atoms. The van der Waals surface area contributed by atoms with Gasteiger partial charge in [0.2, 0.25) is 0 Å². The zero-order chi connectivity index (χ0) is 9.07. The van der Waals surface area contributed by atoms with Crippen LogP contribution in [0.3, 0.4) is 0 Å². The molecule has 2 nitrogen and oxygen atoms in total. The van der Waals surface area contributed by atoms with Gasteiger partial charge < -0.3 is 5.11 Å². The van der Waals surface area contributed by atoms with Crippen LogP contribution in [0, 0.1) is 5.92 Å². The van der Waals surface area contributed by atoms with Gasteiger partial charge >= 0.3 is 0 Å². The lowest BCUT2D eigenvalue weighted by atomic mass is 10.0. The van der Waals surface area contributed by atoms with Crippen LogP contribution in [-0.2, 0) is 4.79 Å². The van der Waals surface area contributed by atoms with E-state index in [0.717, 1.165) is 0 Å². The summed E-state index contributed by atoms with van der Waals surface area (Å²) >= 11 is 0. The van der Waals surface area contributed by atoms with Crippen LogP contribution in [0.2, 0.25) is 0 Å². The molecule has 0 heterocycles. The largest absolute Gasteiger partial charge is 0.382 e. The molecule has 64 valence electrons. The van der Waals surface area contributed by atoms with Gasteiger partial charge in [0.15, 0.2) is 5.78 Å². The van der Waals surface area contributed by atoms with Crippen LogP contribution >= 0.6 is 0 Å². The van der Waals surface area contributed by atoms with E-state index in [2.05, 4.69) is 0 Å². The van der Waals surface area contributed by atoms with Gasteiger partial charge in [-0.2, -0.15) is 0 Å². The third kappa shape index (κ3) is 4.73. The van der Waals surface area contributed by atoms with Crippen LogP contribution in [0.1, 0.15) is 27.7 Å². The SMILES string of the molecule is CC(C)/C=C/C(=O)C(C)(C)O. The lowest BCUT2D eigenvalue weighted by molar-refractivity contribution is -0.128. The fraction of sp³-hybridized carbons (Fsp3) is 0.667. The van der Waals surface area contributed by atoms with Gasteiger partial charge in [0, 0.05) is 0 Å². The van der Waals surface area contributed by atoms with Crippen molar-refractivity contribution in [3.05, 3.63) is 12.2 Å². The van der Waals surface area contributed by atoms with Crippen molar-refractivity contribution in [2.75, 3.05) is 0 Å². The van der Waals surface area contributed by atoms with Crippen molar-refractivity contribution < 1.29 is 9.90 Å². The Morgan fingerprint density at radius 3 is 2.18 bits per heavy atom. The normalized spacial score (nSPS) is 12.9. The predicted octanol–water partition coefficient (Wildman–Crippen LogP) is 1.54. The lowest BCUT2D eigenvalue weighted by Gasteiger charge is -2.11. The fourth-order valence-corrected chi connectivity index (χ4v) is 0.484. The summed E-state index contributed by atoms with van der Waals surface area (Å²) in [5.41, 5.74) is -1.23. The number of carbonyl (C=O) groups is 1. The molecule has 0 aliphatic heterocycles. The molecule has 0 atom stereocenters. The summed E-state index contributed by atoms with van der Waals surface area (Å²) in [4.78, 5) is 11.0. The minimum Gasteiger partial charge on any atom is -0.382 e. The Morgan fingerprint density at radius 1 is 1.45 bits per heavy atom. The Labute approximate surface area is 67.9 Å². The molecule has 0 bridgehead atoms. The molecule has 0 aliphatic rings. The fourth-order valence-electron chi connectivity index (χ4n) is 0.484. The number of hydrogen-bond acceptors (Lipinski definition) is 2. The predicted molar refractivity (Wildman–Crippen MR) is 45.3 cm³/mol. The van der Waals surface area contributed by atoms with E-state index in [1.165, 1.54) is 19.9 Å². The maximum atomic E-state index is 11.0. The van der Waals surface area contributed by atoms with Crippen molar-refractivity contribution in [2.24, 2.45) is 5.92 Å². The Bertz CT molecular complexity index is 161. The van der Waals surface area contributed by atoms with Gasteiger partial charge in [-0.3, -0.25) is 4.79 Å². The standard InChI is InChI=1S/C9H16O2/c1-7(2)5-6-8(10)9(3,4)11/h5-7,11H,1-4H3/b6-5+. The van der Waals surface area contributed by atoms with Crippen LogP contribution in [0.5, 0.6) is 0 Å². The highest BCUT2D eigenvalue weighted by molar-refractivity contribution is 5.96. The Balaban J connectivity index is 4.09. The number of ketones is 1. The van der Waals surface area contributed by atoms with E-state index in [1.54, 1.807) is 6.08 Å². The highest BCUT2D eigenvalue weighted by atomic mass is 16.3.